The molecule has 0 rings (SSSR count). The van der Waals surface area contributed by atoms with Crippen LogP contribution in [-0.2, 0) is 16.0 Å². The molecule has 0 saturated carbocycles. The van der Waals surface area contributed by atoms with Gasteiger partial charge in [0.1, 0.15) is 0 Å². The molecule has 0 radical (unpaired) electrons. The Bertz CT molecular complexity index is 31.8. The summed E-state index contributed by atoms with van der Waals surface area (Å²) in [4.78, 5) is 8.67. The van der Waals surface area contributed by atoms with Crippen molar-refractivity contribution in [3.63, 3.8) is 0 Å². The van der Waals surface area contributed by atoms with E-state index >= 15 is 0 Å². The summed E-state index contributed by atoms with van der Waals surface area (Å²) in [5.74, 6) is 0. The summed E-state index contributed by atoms with van der Waals surface area (Å²) in [6.07, 6.45) is 0. The average molecular weight is 141 g/mol. The molecule has 0 saturated heterocycles. The van der Waals surface area contributed by atoms with Gasteiger partial charge in [-0.3, -0.25) is 0 Å². The molecule has 8 N–H and O–H groups in total. The first-order chi connectivity index (χ1) is 1.73. The van der Waals surface area contributed by atoms with Gasteiger partial charge in [0.05, 0.1) is 0 Å². The van der Waals surface area contributed by atoms with Gasteiger partial charge < -0.3 is 12.3 Å². The van der Waals surface area contributed by atoms with Crippen LogP contribution >= 0.6 is 0 Å². The van der Waals surface area contributed by atoms with E-state index in [2.05, 4.69) is 16.0 Å². The van der Waals surface area contributed by atoms with Gasteiger partial charge in [0.2, 0.25) is 0 Å². The molecular weight excluding hydrogens is 133 g/mol. The number of hydrogen-bond donors (Lipinski definition) is 2. The Labute approximate surface area is 43.2 Å². The Balaban J connectivity index is -0.0000000450. The van der Waals surface area contributed by atoms with E-state index in [0.717, 1.165) is 0 Å². The minimum Gasteiger partial charge on any atom is -0.369 e. The molecule has 0 fully saturated rings. The molecule has 0 atom stereocenters. The maximum atomic E-state index is 8.67. The molecule has 44 valence electrons. The number of nitro groups is 1. The van der Waals surface area contributed by atoms with Gasteiger partial charge in [-0.2, -0.15) is 0 Å². The van der Waals surface area contributed by atoms with Gasteiger partial charge in [0, 0.05) is 0 Å². The van der Waals surface area contributed by atoms with Crippen LogP contribution in [0, 0.1) is 10.1 Å². The van der Waals surface area contributed by atoms with Crippen molar-refractivity contribution in [2.75, 3.05) is 0 Å². The monoisotopic (exact) mass is 141 g/mol. The fraction of sp³-hybridized carbons (Fsp3) is 0. The van der Waals surface area contributed by atoms with Crippen LogP contribution in [0.25, 0.3) is 0 Å². The molecule has 0 aliphatic rings. The fourth-order valence-electron chi connectivity index (χ4n) is 0. The van der Waals surface area contributed by atoms with Crippen LogP contribution in [0.15, 0.2) is 0 Å². The number of rotatable bonds is 0. The summed E-state index contributed by atoms with van der Waals surface area (Å²) in [6, 6.07) is 0. The summed E-state index contributed by atoms with van der Waals surface area (Å²) < 4.78 is -0.812. The zero-order valence-electron chi connectivity index (χ0n) is 3.60. The smallest absolute Gasteiger partial charge is 0.369 e. The topological polar surface area (TPSA) is 116 Å². The summed E-state index contributed by atoms with van der Waals surface area (Å²) in [7, 11) is 0. The minimum atomic E-state index is -0.812. The summed E-state index contributed by atoms with van der Waals surface area (Å²) in [6.45, 7) is 0. The molecule has 0 aliphatic carbocycles. The van der Waals surface area contributed by atoms with Crippen LogP contribution in [0.2, 0.25) is 0 Å². The number of quaternary nitrogens is 2. The maximum absolute atomic E-state index is 8.67. The van der Waals surface area contributed by atoms with Crippen molar-refractivity contribution in [2.24, 2.45) is 0 Å². The number of nitrogens with zero attached hydrogens (tertiary/aromatic N) is 1. The number of hydrogen-bond acceptors (Lipinski definition) is 2. The Morgan fingerprint density at radius 3 is 1.50 bits per heavy atom. The van der Waals surface area contributed by atoms with Crippen LogP contribution in [0.1, 0.15) is 0 Å². The van der Waals surface area contributed by atoms with Gasteiger partial charge >= 0.3 is 30.0 Å². The third-order valence-corrected chi connectivity index (χ3v) is 0. The quantitative estimate of drug-likeness (QED) is 0.377. The molecule has 6 heteroatoms. The zero-order chi connectivity index (χ0) is 3.58. The molecule has 6 heavy (non-hydrogen) atoms. The molecule has 0 aromatic rings. The van der Waals surface area contributed by atoms with E-state index in [1.165, 1.54) is 0 Å². The van der Waals surface area contributed by atoms with Gasteiger partial charge in [-0.15, -0.1) is 0 Å². The second kappa shape index (κ2) is 8.85. The van der Waals surface area contributed by atoms with E-state index in [9.17, 15) is 0 Å². The average Bonchev–Trinajstić information content (AvgIpc) is 0.811. The molecule has 0 spiro atoms. The molecule has 0 aromatic heterocycles. The normalized spacial score (nSPS) is 4.33. The van der Waals surface area contributed by atoms with Gasteiger partial charge in [-0.05, 0) is 0 Å². The first-order valence-electron chi connectivity index (χ1n) is 0.514. The van der Waals surface area contributed by atoms with Crippen LogP contribution in [0.3, 0.4) is 0 Å². The van der Waals surface area contributed by atoms with Crippen LogP contribution in [0.4, 0.5) is 0 Å². The standard InChI is InChI=1S/Co.NO2.2H3N/c;2-1-3;;/h;;2*1H3/q-2;;;/p+2. The van der Waals surface area contributed by atoms with Crippen LogP contribution < -0.4 is 12.3 Å². The van der Waals surface area contributed by atoms with Crippen molar-refractivity contribution in [3.8, 4) is 0 Å². The van der Waals surface area contributed by atoms with E-state index in [1.807, 2.05) is 0 Å². The van der Waals surface area contributed by atoms with Crippen molar-refractivity contribution in [1.82, 2.24) is 12.3 Å². The summed E-state index contributed by atoms with van der Waals surface area (Å²) in [5, 5.41) is 8.67. The Morgan fingerprint density at radius 2 is 1.50 bits per heavy atom. The van der Waals surface area contributed by atoms with Crippen LogP contribution in [-0.4, -0.2) is 3.97 Å². The van der Waals surface area contributed by atoms with E-state index in [0.29, 0.717) is 0 Å². The van der Waals surface area contributed by atoms with E-state index in [1.54, 1.807) is 0 Å². The first kappa shape index (κ1) is 17.0. The van der Waals surface area contributed by atoms with Gasteiger partial charge in [-0.1, -0.05) is 0 Å². The first-order valence-corrected chi connectivity index (χ1v) is 0.980. The van der Waals surface area contributed by atoms with Gasteiger partial charge in [0.25, 0.3) is 0 Å². The SMILES string of the molecule is O=[N+]([O-])[Co-2].[NH4+].[NH4+]. The Morgan fingerprint density at radius 1 is 1.50 bits per heavy atom. The molecular formula is H8CoN3O2. The molecule has 0 unspecified atom stereocenters. The Hall–Kier alpha value is -0.174. The summed E-state index contributed by atoms with van der Waals surface area (Å²) in [5.41, 5.74) is 0. The van der Waals surface area contributed by atoms with E-state index in [-0.39, 0.29) is 12.3 Å². The van der Waals surface area contributed by atoms with Gasteiger partial charge in [0.15, 0.2) is 0 Å². The van der Waals surface area contributed by atoms with Gasteiger partial charge in [-0.25, -0.2) is 0 Å². The predicted octanol–water partition coefficient (Wildman–Crippen LogP) is 0.477. The molecule has 5 nitrogen and oxygen atoms in total. The van der Waals surface area contributed by atoms with Crippen molar-refractivity contribution in [1.29, 1.82) is 0 Å². The third kappa shape index (κ3) is 1020. The predicted molar refractivity (Wildman–Crippen MR) is 19.0 cm³/mol. The minimum absolute atomic E-state index is 0. The summed E-state index contributed by atoms with van der Waals surface area (Å²) >= 11 is 2.73. The molecule has 0 amide bonds. The third-order valence-electron chi connectivity index (χ3n) is 0. The molecule has 0 aromatic carbocycles. The fourth-order valence-corrected chi connectivity index (χ4v) is 0. The molecule has 0 heterocycles. The van der Waals surface area contributed by atoms with E-state index in [4.69, 9.17) is 10.1 Å². The van der Waals surface area contributed by atoms with Crippen molar-refractivity contribution < 1.29 is 19.9 Å². The van der Waals surface area contributed by atoms with Crippen LogP contribution in [0.5, 0.6) is 0 Å². The van der Waals surface area contributed by atoms with Crippen molar-refractivity contribution in [3.05, 3.63) is 10.1 Å². The van der Waals surface area contributed by atoms with E-state index < -0.39 is 3.97 Å². The largest absolute Gasteiger partial charge is 0.369 e. The Kier molecular flexibility index (Phi) is 25.0. The molecule has 0 aliphatic heterocycles. The zero-order valence-corrected chi connectivity index (χ0v) is 4.64. The second-order valence-corrected chi connectivity index (χ2v) is 0.576. The molecule has 0 bridgehead atoms. The van der Waals surface area contributed by atoms with Crippen molar-refractivity contribution in [2.45, 2.75) is 0 Å². The van der Waals surface area contributed by atoms with Crippen molar-refractivity contribution >= 4 is 0 Å². The second-order valence-electron chi connectivity index (χ2n) is 0.196. The maximum Gasteiger partial charge on any atom is -0.369 e.